The molecule has 5 nitrogen and oxygen atoms in total. The largest absolute Gasteiger partial charge is 0.469 e. The van der Waals surface area contributed by atoms with Crippen LogP contribution in [-0.2, 0) is 16.0 Å². The number of ether oxygens (including phenoxy) is 1. The third-order valence-electron chi connectivity index (χ3n) is 3.69. The van der Waals surface area contributed by atoms with Crippen LogP contribution in [0.15, 0.2) is 24.3 Å². The maximum Gasteiger partial charge on any atom is 0.309 e. The maximum absolute atomic E-state index is 11.2. The molecule has 0 atom stereocenters. The molecule has 6 heteroatoms. The lowest BCUT2D eigenvalue weighted by molar-refractivity contribution is -0.883. The predicted molar refractivity (Wildman–Crippen MR) is 86.6 cm³/mol. The Morgan fingerprint density at radius 1 is 1.33 bits per heavy atom. The van der Waals surface area contributed by atoms with Gasteiger partial charge in [-0.2, -0.15) is 0 Å². The number of hydrogen-bond acceptors (Lipinski definition) is 3. The number of piperazine rings is 1. The highest BCUT2D eigenvalue weighted by Crippen LogP contribution is 2.11. The van der Waals surface area contributed by atoms with E-state index in [9.17, 15) is 4.79 Å². The van der Waals surface area contributed by atoms with E-state index in [1.807, 2.05) is 24.3 Å². The summed E-state index contributed by atoms with van der Waals surface area (Å²) in [6.45, 7) is 4.19. The van der Waals surface area contributed by atoms with Gasteiger partial charge in [0.05, 0.1) is 46.8 Å². The lowest BCUT2D eigenvalue weighted by Gasteiger charge is -2.32. The molecular weight excluding hydrogens is 286 g/mol. The predicted octanol–water partition coefficient (Wildman–Crippen LogP) is -0.0708. The fraction of sp³-hybridized carbons (Fsp3) is 0.467. The van der Waals surface area contributed by atoms with Gasteiger partial charge in [0.25, 0.3) is 0 Å². The van der Waals surface area contributed by atoms with Crippen LogP contribution in [0.25, 0.3) is 0 Å². The third kappa shape index (κ3) is 4.68. The molecule has 2 N–H and O–H groups in total. The molecule has 0 aromatic heterocycles. The Morgan fingerprint density at radius 3 is 2.52 bits per heavy atom. The van der Waals surface area contributed by atoms with E-state index in [1.54, 1.807) is 4.90 Å². The fourth-order valence-electron chi connectivity index (χ4n) is 2.24. The van der Waals surface area contributed by atoms with Crippen molar-refractivity contribution in [2.24, 2.45) is 0 Å². The summed E-state index contributed by atoms with van der Waals surface area (Å²) in [4.78, 5) is 15.0. The lowest BCUT2D eigenvalue weighted by Crippen LogP contribution is -3.12. The molecule has 0 spiro atoms. The van der Waals surface area contributed by atoms with Gasteiger partial charge in [0.1, 0.15) is 0 Å². The number of carbonyl (C=O) groups is 1. The van der Waals surface area contributed by atoms with Crippen LogP contribution in [0.1, 0.15) is 5.56 Å². The molecule has 0 bridgehead atoms. The number of methoxy groups -OCH3 is 1. The van der Waals surface area contributed by atoms with Gasteiger partial charge in [-0.25, -0.2) is 0 Å². The van der Waals surface area contributed by atoms with Gasteiger partial charge in [0, 0.05) is 5.69 Å². The van der Waals surface area contributed by atoms with Crippen molar-refractivity contribution in [1.82, 2.24) is 4.90 Å². The van der Waals surface area contributed by atoms with Gasteiger partial charge in [-0.15, -0.1) is 0 Å². The van der Waals surface area contributed by atoms with E-state index in [0.717, 1.165) is 42.5 Å². The van der Waals surface area contributed by atoms with Gasteiger partial charge in [0.2, 0.25) is 0 Å². The first-order valence-electron chi connectivity index (χ1n) is 7.11. The van der Waals surface area contributed by atoms with Crippen molar-refractivity contribution in [2.45, 2.75) is 6.42 Å². The standard InChI is InChI=1S/C15H21N3O2S/c1-17-7-9-18(10-8-17)15(21)16-13-5-3-12(4-6-13)11-14(19)20-2/h3-6H,7-11H2,1-2H3,(H,16,21)/p+1. The molecule has 1 saturated heterocycles. The number of carbonyl (C=O) groups excluding carboxylic acids is 1. The molecule has 1 aliphatic heterocycles. The van der Waals surface area contributed by atoms with Crippen LogP contribution >= 0.6 is 12.2 Å². The molecule has 0 amide bonds. The zero-order chi connectivity index (χ0) is 15.2. The molecule has 0 radical (unpaired) electrons. The quantitative estimate of drug-likeness (QED) is 0.605. The first kappa shape index (κ1) is 15.7. The van der Waals surface area contributed by atoms with Crippen LogP contribution in [0, 0.1) is 0 Å². The van der Waals surface area contributed by atoms with Crippen LogP contribution in [0.5, 0.6) is 0 Å². The molecule has 1 aromatic carbocycles. The second-order valence-corrected chi connectivity index (χ2v) is 5.71. The molecule has 1 heterocycles. The zero-order valence-corrected chi connectivity index (χ0v) is 13.3. The fourth-order valence-corrected chi connectivity index (χ4v) is 2.54. The van der Waals surface area contributed by atoms with Gasteiger partial charge in [-0.1, -0.05) is 12.1 Å². The average molecular weight is 308 g/mol. The normalized spacial score (nSPS) is 15.6. The molecule has 0 unspecified atom stereocenters. The van der Waals surface area contributed by atoms with Crippen molar-refractivity contribution in [1.29, 1.82) is 0 Å². The summed E-state index contributed by atoms with van der Waals surface area (Å²) >= 11 is 5.45. The summed E-state index contributed by atoms with van der Waals surface area (Å²) < 4.78 is 4.65. The van der Waals surface area contributed by atoms with E-state index in [4.69, 9.17) is 12.2 Å². The van der Waals surface area contributed by atoms with Crippen LogP contribution in [-0.4, -0.2) is 56.3 Å². The number of anilines is 1. The Balaban J connectivity index is 1.88. The number of hydrogen-bond donors (Lipinski definition) is 2. The first-order chi connectivity index (χ1) is 10.1. The van der Waals surface area contributed by atoms with Crippen LogP contribution in [0.4, 0.5) is 5.69 Å². The Kier molecular flexibility index (Phi) is 5.52. The van der Waals surface area contributed by atoms with E-state index in [-0.39, 0.29) is 5.97 Å². The molecule has 0 saturated carbocycles. The smallest absolute Gasteiger partial charge is 0.309 e. The Hall–Kier alpha value is -1.66. The third-order valence-corrected chi connectivity index (χ3v) is 4.05. The summed E-state index contributed by atoms with van der Waals surface area (Å²) in [6.07, 6.45) is 0.294. The lowest BCUT2D eigenvalue weighted by atomic mass is 10.1. The Morgan fingerprint density at radius 2 is 1.95 bits per heavy atom. The van der Waals surface area contributed by atoms with Crippen molar-refractivity contribution in [3.63, 3.8) is 0 Å². The summed E-state index contributed by atoms with van der Waals surface area (Å²) in [7, 11) is 3.60. The Labute approximate surface area is 130 Å². The van der Waals surface area contributed by atoms with Crippen molar-refractivity contribution >= 4 is 29.0 Å². The van der Waals surface area contributed by atoms with Gasteiger partial charge < -0.3 is 19.9 Å². The number of nitrogens with zero attached hydrogens (tertiary/aromatic N) is 1. The molecule has 21 heavy (non-hydrogen) atoms. The van der Waals surface area contributed by atoms with Crippen LogP contribution in [0.3, 0.4) is 0 Å². The summed E-state index contributed by atoms with van der Waals surface area (Å²) in [6, 6.07) is 7.70. The Bertz CT molecular complexity index is 496. The van der Waals surface area contributed by atoms with Crippen LogP contribution in [0.2, 0.25) is 0 Å². The van der Waals surface area contributed by atoms with E-state index < -0.39 is 0 Å². The average Bonchev–Trinajstić information content (AvgIpc) is 2.49. The number of likely N-dealkylation sites (N-methyl/N-ethyl adjacent to an activating group) is 1. The minimum Gasteiger partial charge on any atom is -0.469 e. The van der Waals surface area contributed by atoms with E-state index in [1.165, 1.54) is 7.11 Å². The first-order valence-corrected chi connectivity index (χ1v) is 7.52. The van der Waals surface area contributed by atoms with Crippen molar-refractivity contribution < 1.29 is 14.4 Å². The molecule has 0 aliphatic carbocycles. The number of esters is 1. The van der Waals surface area contributed by atoms with Crippen molar-refractivity contribution in [2.75, 3.05) is 45.7 Å². The monoisotopic (exact) mass is 308 g/mol. The topological polar surface area (TPSA) is 46.0 Å². The van der Waals surface area contributed by atoms with Gasteiger partial charge >= 0.3 is 5.97 Å². The molecule has 2 rings (SSSR count). The summed E-state index contributed by atoms with van der Waals surface area (Å²) in [5.41, 5.74) is 1.88. The minimum atomic E-state index is -0.230. The zero-order valence-electron chi connectivity index (χ0n) is 12.5. The number of rotatable bonds is 3. The summed E-state index contributed by atoms with van der Waals surface area (Å²) in [5.74, 6) is -0.230. The molecule has 1 fully saturated rings. The second-order valence-electron chi connectivity index (χ2n) is 5.32. The SMILES string of the molecule is COC(=O)Cc1ccc(NC(=S)N2CC[NH+](C)CC2)cc1. The highest BCUT2D eigenvalue weighted by atomic mass is 32.1. The van der Waals surface area contributed by atoms with E-state index in [0.29, 0.717) is 6.42 Å². The van der Waals surface area contributed by atoms with Crippen molar-refractivity contribution in [3.05, 3.63) is 29.8 Å². The van der Waals surface area contributed by atoms with Gasteiger partial charge in [-0.3, -0.25) is 4.79 Å². The molecule has 1 aliphatic rings. The number of benzene rings is 1. The van der Waals surface area contributed by atoms with Crippen molar-refractivity contribution in [3.8, 4) is 0 Å². The minimum absolute atomic E-state index is 0.230. The molecular formula is C15H22N3O2S+. The van der Waals surface area contributed by atoms with Gasteiger partial charge in [-0.05, 0) is 29.9 Å². The highest BCUT2D eigenvalue weighted by molar-refractivity contribution is 7.80. The number of nitrogens with one attached hydrogen (secondary N) is 2. The number of thiocarbonyl (C=S) groups is 1. The van der Waals surface area contributed by atoms with Gasteiger partial charge in [0.15, 0.2) is 5.11 Å². The second kappa shape index (κ2) is 7.38. The highest BCUT2D eigenvalue weighted by Gasteiger charge is 2.18. The molecule has 1 aromatic rings. The van der Waals surface area contributed by atoms with Crippen LogP contribution < -0.4 is 10.2 Å². The maximum atomic E-state index is 11.2. The number of quaternary nitrogens is 1. The molecule has 114 valence electrons. The van der Waals surface area contributed by atoms with E-state index >= 15 is 0 Å². The summed E-state index contributed by atoms with van der Waals surface area (Å²) in [5, 5.41) is 4.02. The van der Waals surface area contributed by atoms with E-state index in [2.05, 4.69) is 22.0 Å².